The van der Waals surface area contributed by atoms with Crippen molar-refractivity contribution in [2.24, 2.45) is 11.8 Å². The summed E-state index contributed by atoms with van der Waals surface area (Å²) in [5, 5.41) is 0. The molecule has 0 aromatic heterocycles. The molecule has 4 unspecified atom stereocenters. The van der Waals surface area contributed by atoms with Gasteiger partial charge in [0, 0.05) is 0 Å². The summed E-state index contributed by atoms with van der Waals surface area (Å²) in [6, 6.07) is 19.7. The van der Waals surface area contributed by atoms with E-state index in [2.05, 4.69) is 0 Å². The van der Waals surface area contributed by atoms with Gasteiger partial charge in [0.25, 0.3) is 0 Å². The van der Waals surface area contributed by atoms with Crippen LogP contribution < -0.4 is 0 Å². The van der Waals surface area contributed by atoms with Gasteiger partial charge in [-0.25, -0.2) is 8.78 Å². The third-order valence-corrected chi connectivity index (χ3v) is 4.37. The van der Waals surface area contributed by atoms with Gasteiger partial charge in [-0.1, -0.05) is 86.7 Å². The molecule has 0 N–H and O–H groups in total. The van der Waals surface area contributed by atoms with Gasteiger partial charge in [-0.05, 0) is 35.8 Å². The summed E-state index contributed by atoms with van der Waals surface area (Å²) in [5.41, 5.74) is 2.21. The van der Waals surface area contributed by atoms with Gasteiger partial charge in [-0.3, -0.25) is 0 Å². The Morgan fingerprint density at radius 2 is 1.00 bits per heavy atom. The average Bonchev–Trinajstić information content (AvgIpc) is 2.61. The fraction of sp³-hybridized carbons (Fsp3) is 0.364. The Balaban J connectivity index is 1.84. The summed E-state index contributed by atoms with van der Waals surface area (Å²) in [6.45, 7) is 3.73. The monoisotopic (exact) mass is 328 g/mol. The highest BCUT2D eigenvalue weighted by Crippen LogP contribution is 2.19. The first-order chi connectivity index (χ1) is 11.6. The molecule has 0 amide bonds. The summed E-state index contributed by atoms with van der Waals surface area (Å²) in [4.78, 5) is 0. The van der Waals surface area contributed by atoms with E-state index in [0.717, 1.165) is 11.1 Å². The van der Waals surface area contributed by atoms with Crippen molar-refractivity contribution in [1.82, 2.24) is 0 Å². The summed E-state index contributed by atoms with van der Waals surface area (Å²) in [5.74, 6) is -0.333. The highest BCUT2D eigenvalue weighted by Gasteiger charge is 2.17. The fourth-order valence-corrected chi connectivity index (χ4v) is 2.79. The summed E-state index contributed by atoms with van der Waals surface area (Å²) in [7, 11) is 0. The molecule has 0 radical (unpaired) electrons. The van der Waals surface area contributed by atoms with E-state index in [9.17, 15) is 8.78 Å². The molecule has 0 heterocycles. The predicted octanol–water partition coefficient (Wildman–Crippen LogP) is 5.98. The molecule has 0 nitrogen and oxygen atoms in total. The van der Waals surface area contributed by atoms with E-state index < -0.39 is 12.3 Å². The Kier molecular flexibility index (Phi) is 7.17. The molecular weight excluding hydrogens is 302 g/mol. The van der Waals surface area contributed by atoms with Crippen molar-refractivity contribution in [2.45, 2.75) is 39.0 Å². The van der Waals surface area contributed by atoms with Crippen molar-refractivity contribution in [3.63, 3.8) is 0 Å². The Bertz CT molecular complexity index is 551. The minimum Gasteiger partial charge on any atom is -0.243 e. The molecule has 0 aliphatic heterocycles. The Morgan fingerprint density at radius 3 is 1.33 bits per heavy atom. The molecule has 0 fully saturated rings. The van der Waals surface area contributed by atoms with Crippen molar-refractivity contribution in [1.29, 1.82) is 0 Å². The highest BCUT2D eigenvalue weighted by molar-refractivity contribution is 5.17. The van der Waals surface area contributed by atoms with Crippen LogP contribution in [0, 0.1) is 11.8 Å². The zero-order chi connectivity index (χ0) is 17.4. The Morgan fingerprint density at radius 1 is 0.667 bits per heavy atom. The average molecular weight is 328 g/mol. The predicted molar refractivity (Wildman–Crippen MR) is 97.6 cm³/mol. The zero-order valence-electron chi connectivity index (χ0n) is 14.4. The summed E-state index contributed by atoms with van der Waals surface area (Å²) in [6.07, 6.45) is 1.82. The smallest absolute Gasteiger partial charge is 0.121 e. The van der Waals surface area contributed by atoms with E-state index in [1.807, 2.05) is 74.5 Å². The first-order valence-electron chi connectivity index (χ1n) is 8.60. The maximum atomic E-state index is 14.3. The van der Waals surface area contributed by atoms with Gasteiger partial charge in [0.2, 0.25) is 0 Å². The van der Waals surface area contributed by atoms with E-state index in [0.29, 0.717) is 12.8 Å². The summed E-state index contributed by atoms with van der Waals surface area (Å²) >= 11 is 0. The number of halogens is 2. The lowest BCUT2D eigenvalue weighted by Gasteiger charge is -2.16. The van der Waals surface area contributed by atoms with Crippen LogP contribution in [0.25, 0.3) is 0 Å². The maximum Gasteiger partial charge on any atom is 0.121 e. The fourth-order valence-electron chi connectivity index (χ4n) is 2.79. The van der Waals surface area contributed by atoms with Crippen LogP contribution in [-0.4, -0.2) is 12.3 Å². The van der Waals surface area contributed by atoms with Crippen molar-refractivity contribution in [3.8, 4) is 0 Å². The molecule has 4 atom stereocenters. The molecule has 0 bridgehead atoms. The Hall–Kier alpha value is -1.96. The van der Waals surface area contributed by atoms with E-state index in [-0.39, 0.29) is 11.8 Å². The molecule has 2 heteroatoms. The second kappa shape index (κ2) is 9.36. The number of alkyl halides is 2. The highest BCUT2D eigenvalue weighted by atomic mass is 19.1. The topological polar surface area (TPSA) is 0 Å². The molecule has 0 saturated carbocycles. The van der Waals surface area contributed by atoms with Gasteiger partial charge >= 0.3 is 0 Å². The SMILES string of the molecule is CC(Cc1ccccc1)C(F)/C=C/C(F)C(C)Cc1ccccc1. The van der Waals surface area contributed by atoms with Gasteiger partial charge in [0.1, 0.15) is 12.3 Å². The number of rotatable bonds is 8. The zero-order valence-corrected chi connectivity index (χ0v) is 14.4. The summed E-state index contributed by atoms with van der Waals surface area (Å²) < 4.78 is 28.6. The number of allylic oxidation sites excluding steroid dienone is 2. The third-order valence-electron chi connectivity index (χ3n) is 4.37. The molecule has 0 saturated heterocycles. The molecule has 0 spiro atoms. The first-order valence-corrected chi connectivity index (χ1v) is 8.60. The lowest BCUT2D eigenvalue weighted by Crippen LogP contribution is -2.16. The van der Waals surface area contributed by atoms with Crippen molar-refractivity contribution in [2.75, 3.05) is 0 Å². The minimum atomic E-state index is -1.13. The van der Waals surface area contributed by atoms with Crippen LogP contribution in [0.3, 0.4) is 0 Å². The molecule has 2 aromatic carbocycles. The molecule has 128 valence electrons. The van der Waals surface area contributed by atoms with Crippen LogP contribution in [0.15, 0.2) is 72.8 Å². The van der Waals surface area contributed by atoms with Gasteiger partial charge in [0.15, 0.2) is 0 Å². The largest absolute Gasteiger partial charge is 0.243 e. The lowest BCUT2D eigenvalue weighted by molar-refractivity contribution is 0.277. The number of benzene rings is 2. The van der Waals surface area contributed by atoms with Crippen LogP contribution in [-0.2, 0) is 12.8 Å². The van der Waals surface area contributed by atoms with Gasteiger partial charge in [-0.15, -0.1) is 0 Å². The standard InChI is InChI=1S/C22H26F2/c1-17(15-19-9-5-3-6-10-19)21(23)13-14-22(24)18(2)16-20-11-7-4-8-12-20/h3-14,17-18,21-22H,15-16H2,1-2H3/b14-13+. The first kappa shape index (κ1) is 18.4. The van der Waals surface area contributed by atoms with Crippen LogP contribution in [0.5, 0.6) is 0 Å². The molecule has 2 rings (SSSR count). The van der Waals surface area contributed by atoms with E-state index in [4.69, 9.17) is 0 Å². The van der Waals surface area contributed by atoms with Crippen molar-refractivity contribution >= 4 is 0 Å². The third kappa shape index (κ3) is 5.92. The molecular formula is C22H26F2. The molecule has 0 aliphatic rings. The van der Waals surface area contributed by atoms with Gasteiger partial charge in [-0.2, -0.15) is 0 Å². The van der Waals surface area contributed by atoms with Crippen LogP contribution in [0.1, 0.15) is 25.0 Å². The normalized spacial score (nSPS) is 16.7. The molecule has 0 aliphatic carbocycles. The van der Waals surface area contributed by atoms with Crippen molar-refractivity contribution in [3.05, 3.63) is 83.9 Å². The maximum absolute atomic E-state index is 14.3. The van der Waals surface area contributed by atoms with Crippen LogP contribution in [0.2, 0.25) is 0 Å². The van der Waals surface area contributed by atoms with Crippen molar-refractivity contribution < 1.29 is 8.78 Å². The lowest BCUT2D eigenvalue weighted by atomic mass is 9.94. The van der Waals surface area contributed by atoms with E-state index in [1.54, 1.807) is 0 Å². The van der Waals surface area contributed by atoms with Gasteiger partial charge in [0.05, 0.1) is 0 Å². The second-order valence-corrected chi connectivity index (χ2v) is 6.61. The van der Waals surface area contributed by atoms with Crippen LogP contribution in [0.4, 0.5) is 8.78 Å². The Labute approximate surface area is 144 Å². The second-order valence-electron chi connectivity index (χ2n) is 6.61. The number of hydrogen-bond donors (Lipinski definition) is 0. The number of hydrogen-bond acceptors (Lipinski definition) is 0. The molecule has 2 aromatic rings. The van der Waals surface area contributed by atoms with Gasteiger partial charge < -0.3 is 0 Å². The minimum absolute atomic E-state index is 0.166. The van der Waals surface area contributed by atoms with E-state index >= 15 is 0 Å². The molecule has 24 heavy (non-hydrogen) atoms. The van der Waals surface area contributed by atoms with E-state index in [1.165, 1.54) is 12.2 Å². The quantitative estimate of drug-likeness (QED) is 0.523. The van der Waals surface area contributed by atoms with Crippen LogP contribution >= 0.6 is 0 Å².